The van der Waals surface area contributed by atoms with Gasteiger partial charge in [0.25, 0.3) is 0 Å². The van der Waals surface area contributed by atoms with Gasteiger partial charge in [-0.05, 0) is 65.9 Å². The lowest BCUT2D eigenvalue weighted by atomic mass is 10.0. The van der Waals surface area contributed by atoms with Crippen molar-refractivity contribution in [3.63, 3.8) is 0 Å². The number of thiophene rings is 1. The Kier molecular flexibility index (Phi) is 4.01. The Morgan fingerprint density at radius 2 is 2.19 bits per heavy atom. The highest BCUT2D eigenvalue weighted by molar-refractivity contribution is 7.89. The summed E-state index contributed by atoms with van der Waals surface area (Å²) in [6.07, 6.45) is 1.96. The van der Waals surface area contributed by atoms with Gasteiger partial charge in [-0.15, -0.1) is 0 Å². The van der Waals surface area contributed by atoms with Crippen LogP contribution < -0.4 is 10.0 Å². The minimum atomic E-state index is -3.49. The molecule has 21 heavy (non-hydrogen) atoms. The number of fused-ring (bicyclic) bond motifs is 1. The number of hydrogen-bond donors (Lipinski definition) is 2. The van der Waals surface area contributed by atoms with Crippen LogP contribution in [-0.4, -0.2) is 15.0 Å². The van der Waals surface area contributed by atoms with Crippen LogP contribution in [0.15, 0.2) is 39.9 Å². The number of benzene rings is 1. The van der Waals surface area contributed by atoms with Gasteiger partial charge in [-0.1, -0.05) is 0 Å². The third-order valence-electron chi connectivity index (χ3n) is 3.70. The highest BCUT2D eigenvalue weighted by Gasteiger charge is 2.20. The fraction of sp³-hybridized carbons (Fsp3) is 0.333. The first kappa shape index (κ1) is 14.6. The highest BCUT2D eigenvalue weighted by Crippen LogP contribution is 2.26. The van der Waals surface area contributed by atoms with E-state index >= 15 is 0 Å². The summed E-state index contributed by atoms with van der Waals surface area (Å²) < 4.78 is 27.7. The predicted molar refractivity (Wildman–Crippen MR) is 86.3 cm³/mol. The summed E-state index contributed by atoms with van der Waals surface area (Å²) in [5, 5.41) is 7.20. The number of aryl methyl sites for hydroxylation is 1. The number of hydrogen-bond acceptors (Lipinski definition) is 4. The lowest BCUT2D eigenvalue weighted by Gasteiger charge is -2.19. The molecule has 1 aliphatic rings. The predicted octanol–water partition coefficient (Wildman–Crippen LogP) is 3.15. The van der Waals surface area contributed by atoms with Gasteiger partial charge in [0.2, 0.25) is 10.0 Å². The van der Waals surface area contributed by atoms with Crippen LogP contribution >= 0.6 is 11.3 Å². The van der Waals surface area contributed by atoms with Gasteiger partial charge in [0.1, 0.15) is 0 Å². The van der Waals surface area contributed by atoms with E-state index in [1.54, 1.807) is 23.5 Å². The molecule has 2 aromatic rings. The maximum absolute atomic E-state index is 12.5. The van der Waals surface area contributed by atoms with Crippen LogP contribution in [0.25, 0.3) is 0 Å². The van der Waals surface area contributed by atoms with E-state index in [4.69, 9.17) is 0 Å². The number of rotatable bonds is 4. The molecule has 1 aromatic heterocycles. The van der Waals surface area contributed by atoms with E-state index in [2.05, 4.69) is 10.0 Å². The maximum atomic E-state index is 12.5. The summed E-state index contributed by atoms with van der Waals surface area (Å²) in [4.78, 5) is 0.340. The molecule has 0 saturated heterocycles. The van der Waals surface area contributed by atoms with Gasteiger partial charge in [0, 0.05) is 18.3 Å². The molecule has 1 aromatic carbocycles. The largest absolute Gasteiger partial charge is 0.385 e. The van der Waals surface area contributed by atoms with Gasteiger partial charge in [-0.25, -0.2) is 13.1 Å². The molecule has 0 saturated carbocycles. The zero-order valence-corrected chi connectivity index (χ0v) is 13.4. The van der Waals surface area contributed by atoms with Crippen LogP contribution in [0.5, 0.6) is 0 Å². The molecule has 1 unspecified atom stereocenters. The molecule has 0 spiro atoms. The fourth-order valence-corrected chi connectivity index (χ4v) is 4.54. The first-order chi connectivity index (χ1) is 10.1. The summed E-state index contributed by atoms with van der Waals surface area (Å²) in [5.74, 6) is 0. The van der Waals surface area contributed by atoms with E-state index in [1.807, 2.05) is 29.8 Å². The van der Waals surface area contributed by atoms with Crippen molar-refractivity contribution in [1.29, 1.82) is 0 Å². The monoisotopic (exact) mass is 322 g/mol. The molecule has 0 aliphatic carbocycles. The van der Waals surface area contributed by atoms with Gasteiger partial charge in [-0.2, -0.15) is 11.3 Å². The third-order valence-corrected chi connectivity index (χ3v) is 5.94. The van der Waals surface area contributed by atoms with E-state index in [0.29, 0.717) is 4.90 Å². The Labute approximate surface area is 129 Å². The van der Waals surface area contributed by atoms with Crippen molar-refractivity contribution in [3.05, 3.63) is 46.2 Å². The lowest BCUT2D eigenvalue weighted by Crippen LogP contribution is -2.27. The third kappa shape index (κ3) is 3.12. The molecular formula is C15H18N2O2S2. The Bertz CT molecular complexity index is 724. The zero-order chi connectivity index (χ0) is 14.9. The van der Waals surface area contributed by atoms with E-state index < -0.39 is 10.0 Å². The van der Waals surface area contributed by atoms with Crippen LogP contribution in [0.2, 0.25) is 0 Å². The summed E-state index contributed by atoms with van der Waals surface area (Å²) in [5.41, 5.74) is 3.11. The van der Waals surface area contributed by atoms with Crippen LogP contribution in [0.4, 0.5) is 5.69 Å². The first-order valence-corrected chi connectivity index (χ1v) is 9.40. The molecule has 0 bridgehead atoms. The quantitative estimate of drug-likeness (QED) is 0.909. The molecule has 112 valence electrons. The maximum Gasteiger partial charge on any atom is 0.241 e. The average Bonchev–Trinajstić information content (AvgIpc) is 3.00. The van der Waals surface area contributed by atoms with Crippen molar-refractivity contribution in [3.8, 4) is 0 Å². The second-order valence-corrected chi connectivity index (χ2v) is 7.74. The molecule has 6 heteroatoms. The van der Waals surface area contributed by atoms with Crippen LogP contribution in [-0.2, 0) is 16.4 Å². The lowest BCUT2D eigenvalue weighted by molar-refractivity contribution is 0.567. The summed E-state index contributed by atoms with van der Waals surface area (Å²) >= 11 is 1.57. The second kappa shape index (κ2) is 5.79. The van der Waals surface area contributed by atoms with Crippen molar-refractivity contribution in [2.24, 2.45) is 0 Å². The molecule has 1 aliphatic heterocycles. The van der Waals surface area contributed by atoms with E-state index in [1.165, 1.54) is 0 Å². The van der Waals surface area contributed by atoms with Crippen LogP contribution in [0.3, 0.4) is 0 Å². The number of anilines is 1. The smallest absolute Gasteiger partial charge is 0.241 e. The van der Waals surface area contributed by atoms with Gasteiger partial charge < -0.3 is 5.32 Å². The molecule has 0 fully saturated rings. The highest BCUT2D eigenvalue weighted by atomic mass is 32.2. The summed E-state index contributed by atoms with van der Waals surface area (Å²) in [7, 11) is -3.49. The molecule has 2 N–H and O–H groups in total. The van der Waals surface area contributed by atoms with Gasteiger partial charge in [0.15, 0.2) is 0 Å². The van der Waals surface area contributed by atoms with E-state index in [9.17, 15) is 8.42 Å². The van der Waals surface area contributed by atoms with Crippen LogP contribution in [0, 0.1) is 0 Å². The van der Waals surface area contributed by atoms with E-state index in [-0.39, 0.29) is 6.04 Å². The van der Waals surface area contributed by atoms with Crippen molar-refractivity contribution < 1.29 is 8.42 Å². The fourth-order valence-electron chi connectivity index (χ4n) is 2.51. The topological polar surface area (TPSA) is 58.2 Å². The minimum absolute atomic E-state index is 0.226. The number of sulfonamides is 1. The summed E-state index contributed by atoms with van der Waals surface area (Å²) in [6, 6.07) is 7.02. The molecular weight excluding hydrogens is 304 g/mol. The Morgan fingerprint density at radius 1 is 1.33 bits per heavy atom. The summed E-state index contributed by atoms with van der Waals surface area (Å²) in [6.45, 7) is 2.81. The zero-order valence-electron chi connectivity index (χ0n) is 11.8. The number of nitrogens with one attached hydrogen (secondary N) is 2. The SMILES string of the molecule is CC(NS(=O)(=O)c1ccc2c(c1)CCCN2)c1ccsc1. The molecule has 4 nitrogen and oxygen atoms in total. The van der Waals surface area contributed by atoms with Gasteiger partial charge >= 0.3 is 0 Å². The van der Waals surface area contributed by atoms with E-state index in [0.717, 1.165) is 36.2 Å². The molecule has 2 heterocycles. The Balaban J connectivity index is 1.84. The van der Waals surface area contributed by atoms with Gasteiger partial charge in [-0.3, -0.25) is 0 Å². The Hall–Kier alpha value is -1.37. The standard InChI is InChI=1S/C15H18N2O2S2/c1-11(13-6-8-20-10-13)17-21(18,19)14-4-5-15-12(9-14)3-2-7-16-15/h4-6,8-11,16-17H,2-3,7H2,1H3. The first-order valence-electron chi connectivity index (χ1n) is 6.97. The molecule has 1 atom stereocenters. The van der Waals surface area contributed by atoms with Crippen molar-refractivity contribution in [1.82, 2.24) is 4.72 Å². The van der Waals surface area contributed by atoms with Crippen LogP contribution in [0.1, 0.15) is 30.5 Å². The second-order valence-electron chi connectivity index (χ2n) is 5.25. The average molecular weight is 322 g/mol. The van der Waals surface area contributed by atoms with Crippen molar-refractivity contribution in [2.75, 3.05) is 11.9 Å². The molecule has 3 rings (SSSR count). The van der Waals surface area contributed by atoms with Crippen molar-refractivity contribution >= 4 is 27.0 Å². The molecule has 0 radical (unpaired) electrons. The normalized spacial score (nSPS) is 16.0. The Morgan fingerprint density at radius 3 is 2.95 bits per heavy atom. The van der Waals surface area contributed by atoms with Crippen molar-refractivity contribution in [2.45, 2.75) is 30.7 Å². The molecule has 0 amide bonds. The van der Waals surface area contributed by atoms with Gasteiger partial charge in [0.05, 0.1) is 4.90 Å². The minimum Gasteiger partial charge on any atom is -0.385 e.